The number of alkyl carbamates (subject to hydrolysis) is 1. The number of aryl methyl sites for hydroxylation is 1. The molecule has 3 amide bonds. The number of aromatic hydroxyl groups is 1. The number of nitrogens with zero attached hydrogens (tertiary/aromatic N) is 1. The van der Waals surface area contributed by atoms with Crippen LogP contribution in [-0.2, 0) is 36.7 Å². The zero-order valence-corrected chi connectivity index (χ0v) is 24.9. The predicted octanol–water partition coefficient (Wildman–Crippen LogP) is 4.05. The highest BCUT2D eigenvalue weighted by Gasteiger charge is 2.36. The van der Waals surface area contributed by atoms with Crippen molar-refractivity contribution in [3.8, 4) is 5.75 Å². The van der Waals surface area contributed by atoms with Crippen LogP contribution in [0.25, 0.3) is 0 Å². The molecule has 0 spiro atoms. The Morgan fingerprint density at radius 3 is 2.10 bits per heavy atom. The second kappa shape index (κ2) is 15.6. The van der Waals surface area contributed by atoms with Gasteiger partial charge in [-0.15, -0.1) is 0 Å². The number of nitrogens with one attached hydrogen (secondary N) is 2. The third-order valence-corrected chi connectivity index (χ3v) is 6.30. The molecule has 0 aromatic heterocycles. The van der Waals surface area contributed by atoms with E-state index < -0.39 is 41.6 Å². The van der Waals surface area contributed by atoms with Crippen molar-refractivity contribution >= 4 is 23.9 Å². The van der Waals surface area contributed by atoms with E-state index in [0.717, 1.165) is 18.4 Å². The van der Waals surface area contributed by atoms with Crippen LogP contribution < -0.4 is 10.6 Å². The van der Waals surface area contributed by atoms with Crippen molar-refractivity contribution in [3.63, 3.8) is 0 Å². The molecular formula is C31H43N3O7. The molecule has 41 heavy (non-hydrogen) atoms. The van der Waals surface area contributed by atoms with Gasteiger partial charge in [-0.05, 0) is 62.4 Å². The maximum Gasteiger partial charge on any atom is 0.408 e. The third-order valence-electron chi connectivity index (χ3n) is 6.30. The number of unbranched alkanes of at least 4 members (excludes halogenated alkanes) is 1. The van der Waals surface area contributed by atoms with Crippen molar-refractivity contribution in [2.45, 2.75) is 78.0 Å². The average Bonchev–Trinajstić information content (AvgIpc) is 2.93. The molecule has 224 valence electrons. The Bertz CT molecular complexity index is 1160. The molecular weight excluding hydrogens is 526 g/mol. The van der Waals surface area contributed by atoms with Gasteiger partial charge in [0.05, 0.1) is 7.11 Å². The third kappa shape index (κ3) is 10.8. The van der Waals surface area contributed by atoms with Crippen LogP contribution in [0, 0.1) is 0 Å². The molecule has 0 bridgehead atoms. The fraction of sp³-hybridized carbons (Fsp3) is 0.484. The first-order chi connectivity index (χ1) is 19.4. The molecule has 0 radical (unpaired) electrons. The van der Waals surface area contributed by atoms with Crippen LogP contribution in [0.2, 0.25) is 0 Å². The molecule has 2 atom stereocenters. The number of carbonyl (C=O) groups excluding carboxylic acids is 4. The van der Waals surface area contributed by atoms with Gasteiger partial charge in [0.1, 0.15) is 30.0 Å². The van der Waals surface area contributed by atoms with Gasteiger partial charge in [-0.1, -0.05) is 56.7 Å². The number of esters is 1. The van der Waals surface area contributed by atoms with Crippen LogP contribution in [0.1, 0.15) is 70.2 Å². The van der Waals surface area contributed by atoms with Crippen molar-refractivity contribution in [1.82, 2.24) is 15.5 Å². The van der Waals surface area contributed by atoms with Gasteiger partial charge in [0.25, 0.3) is 0 Å². The van der Waals surface area contributed by atoms with Crippen LogP contribution in [0.4, 0.5) is 4.79 Å². The largest absolute Gasteiger partial charge is 0.508 e. The van der Waals surface area contributed by atoms with Crippen LogP contribution in [0.15, 0.2) is 48.5 Å². The summed E-state index contributed by atoms with van der Waals surface area (Å²) in [5.41, 5.74) is 1.52. The lowest BCUT2D eigenvalue weighted by atomic mass is 9.98. The summed E-state index contributed by atoms with van der Waals surface area (Å²) in [6.45, 7) is 9.02. The number of phenolic OH excluding ortho intramolecular Hbond substituents is 1. The Hall–Kier alpha value is -4.08. The number of methoxy groups -OCH3 is 1. The minimum absolute atomic E-state index is 0.0687. The first-order valence-electron chi connectivity index (χ1n) is 13.9. The zero-order chi connectivity index (χ0) is 30.6. The minimum Gasteiger partial charge on any atom is -0.508 e. The Morgan fingerprint density at radius 2 is 1.56 bits per heavy atom. The summed E-state index contributed by atoms with van der Waals surface area (Å²) in [5, 5.41) is 15.0. The SMILES string of the molecule is CCCCN(C(=O)C(Cc1ccc(O)cc1)NC(=O)OC(C)(C)C)C(C(=O)NCC(=O)OC)c1ccc(CC)cc1. The van der Waals surface area contributed by atoms with Gasteiger partial charge in [-0.25, -0.2) is 4.79 Å². The number of ether oxygens (including phenoxy) is 2. The van der Waals surface area contributed by atoms with Crippen LogP contribution >= 0.6 is 0 Å². The molecule has 2 rings (SSSR count). The highest BCUT2D eigenvalue weighted by Crippen LogP contribution is 2.25. The second-order valence-electron chi connectivity index (χ2n) is 10.7. The molecule has 0 fully saturated rings. The highest BCUT2D eigenvalue weighted by molar-refractivity contribution is 5.93. The van der Waals surface area contributed by atoms with Crippen molar-refractivity contribution in [2.24, 2.45) is 0 Å². The van der Waals surface area contributed by atoms with Crippen molar-refractivity contribution in [2.75, 3.05) is 20.2 Å². The lowest BCUT2D eigenvalue weighted by Crippen LogP contribution is -2.54. The van der Waals surface area contributed by atoms with Crippen molar-refractivity contribution < 1.29 is 33.8 Å². The molecule has 0 aliphatic rings. The summed E-state index contributed by atoms with van der Waals surface area (Å²) in [6, 6.07) is 11.5. The summed E-state index contributed by atoms with van der Waals surface area (Å²) in [6.07, 6.45) is 1.46. The van der Waals surface area contributed by atoms with Crippen LogP contribution in [-0.4, -0.2) is 65.7 Å². The van der Waals surface area contributed by atoms with E-state index in [1.54, 1.807) is 45.0 Å². The molecule has 10 heteroatoms. The number of carbonyl (C=O) groups is 4. The number of hydrogen-bond donors (Lipinski definition) is 3. The molecule has 0 aliphatic heterocycles. The lowest BCUT2D eigenvalue weighted by Gasteiger charge is -2.34. The van der Waals surface area contributed by atoms with E-state index in [9.17, 15) is 24.3 Å². The monoisotopic (exact) mass is 569 g/mol. The maximum atomic E-state index is 14.3. The molecule has 0 aliphatic carbocycles. The Labute approximate surface area is 242 Å². The molecule has 2 aromatic carbocycles. The summed E-state index contributed by atoms with van der Waals surface area (Å²) < 4.78 is 10.1. The molecule has 3 N–H and O–H groups in total. The maximum absolute atomic E-state index is 14.3. The van der Waals surface area contributed by atoms with Gasteiger partial charge in [-0.3, -0.25) is 14.4 Å². The fourth-order valence-electron chi connectivity index (χ4n) is 4.15. The molecule has 0 saturated carbocycles. The van der Waals surface area contributed by atoms with Crippen LogP contribution in [0.3, 0.4) is 0 Å². The van der Waals surface area contributed by atoms with E-state index >= 15 is 0 Å². The van der Waals surface area contributed by atoms with E-state index in [1.807, 2.05) is 26.0 Å². The summed E-state index contributed by atoms with van der Waals surface area (Å²) in [5.74, 6) is -1.60. The average molecular weight is 570 g/mol. The minimum atomic E-state index is -1.09. The van der Waals surface area contributed by atoms with Gasteiger partial charge in [0.15, 0.2) is 0 Å². The molecule has 10 nitrogen and oxygen atoms in total. The number of benzene rings is 2. The summed E-state index contributed by atoms with van der Waals surface area (Å²) >= 11 is 0. The predicted molar refractivity (Wildman–Crippen MR) is 155 cm³/mol. The highest BCUT2D eigenvalue weighted by atomic mass is 16.6. The quantitative estimate of drug-likeness (QED) is 0.310. The van der Waals surface area contributed by atoms with E-state index in [2.05, 4.69) is 15.4 Å². The van der Waals surface area contributed by atoms with E-state index in [4.69, 9.17) is 4.74 Å². The second-order valence-corrected chi connectivity index (χ2v) is 10.7. The van der Waals surface area contributed by atoms with Crippen molar-refractivity contribution in [1.29, 1.82) is 0 Å². The molecule has 0 saturated heterocycles. The van der Waals surface area contributed by atoms with Gasteiger partial charge in [0.2, 0.25) is 11.8 Å². The van der Waals surface area contributed by atoms with Gasteiger partial charge < -0.3 is 30.1 Å². The Morgan fingerprint density at radius 1 is 0.951 bits per heavy atom. The zero-order valence-electron chi connectivity index (χ0n) is 24.9. The Kier molecular flexibility index (Phi) is 12.6. The first kappa shape index (κ1) is 33.1. The molecule has 0 heterocycles. The van der Waals surface area contributed by atoms with Gasteiger partial charge in [0, 0.05) is 13.0 Å². The number of hydrogen-bond acceptors (Lipinski definition) is 7. The topological polar surface area (TPSA) is 134 Å². The van der Waals surface area contributed by atoms with E-state index in [1.165, 1.54) is 24.1 Å². The number of phenols is 1. The summed E-state index contributed by atoms with van der Waals surface area (Å²) in [4.78, 5) is 54.0. The Balaban J connectivity index is 2.55. The van der Waals surface area contributed by atoms with Gasteiger partial charge >= 0.3 is 12.1 Å². The smallest absolute Gasteiger partial charge is 0.408 e. The molecule has 2 aromatic rings. The van der Waals surface area contributed by atoms with E-state index in [0.29, 0.717) is 17.5 Å². The van der Waals surface area contributed by atoms with Crippen LogP contribution in [0.5, 0.6) is 5.75 Å². The standard InChI is InChI=1S/C31H43N3O7/c1-7-9-18-34(27(28(37)32-20-26(36)40-6)23-14-10-21(8-2)11-15-23)29(38)25(33-30(39)41-31(3,4)5)19-22-12-16-24(35)17-13-22/h10-17,25,27,35H,7-9,18-20H2,1-6H3,(H,32,37)(H,33,39). The lowest BCUT2D eigenvalue weighted by molar-refractivity contribution is -0.144. The summed E-state index contributed by atoms with van der Waals surface area (Å²) in [7, 11) is 1.22. The van der Waals surface area contributed by atoms with Crippen molar-refractivity contribution in [3.05, 3.63) is 65.2 Å². The first-order valence-corrected chi connectivity index (χ1v) is 13.9. The number of rotatable bonds is 13. The van der Waals surface area contributed by atoms with Gasteiger partial charge in [-0.2, -0.15) is 0 Å². The fourth-order valence-corrected chi connectivity index (χ4v) is 4.15. The molecule has 2 unspecified atom stereocenters. The number of amides is 3. The van der Waals surface area contributed by atoms with E-state index in [-0.39, 0.29) is 25.3 Å². The normalized spacial score (nSPS) is 12.5.